The zero-order chi connectivity index (χ0) is 15.2. The van der Waals surface area contributed by atoms with Crippen LogP contribution in [-0.4, -0.2) is 23.0 Å². The topological polar surface area (TPSA) is 42.1 Å². The van der Waals surface area contributed by atoms with Gasteiger partial charge in [-0.25, -0.2) is 0 Å². The summed E-state index contributed by atoms with van der Waals surface area (Å²) < 4.78 is 0. The van der Waals surface area contributed by atoms with Crippen LogP contribution in [0.15, 0.2) is 48.8 Å². The lowest BCUT2D eigenvalue weighted by Gasteiger charge is -2.33. The fourth-order valence-corrected chi connectivity index (χ4v) is 2.76. The number of benzene rings is 1. The third-order valence-electron chi connectivity index (χ3n) is 4.06. The van der Waals surface area contributed by atoms with E-state index >= 15 is 0 Å². The van der Waals surface area contributed by atoms with Crippen molar-refractivity contribution < 1.29 is 0 Å². The summed E-state index contributed by atoms with van der Waals surface area (Å²) in [5, 5.41) is 0. The molecule has 2 unspecified atom stereocenters. The zero-order valence-electron chi connectivity index (χ0n) is 13.2. The number of nitrogens with zero attached hydrogens (tertiary/aromatic N) is 2. The van der Waals surface area contributed by atoms with Crippen molar-refractivity contribution in [3.05, 3.63) is 65.5 Å². The molecule has 3 nitrogen and oxygen atoms in total. The molecule has 2 atom stereocenters. The van der Waals surface area contributed by atoms with Crippen LogP contribution in [0.4, 0.5) is 0 Å². The van der Waals surface area contributed by atoms with Crippen molar-refractivity contribution >= 4 is 0 Å². The lowest BCUT2D eigenvalue weighted by atomic mass is 9.97. The fraction of sp³-hybridized carbons (Fsp3) is 0.389. The molecule has 3 heteroatoms. The second kappa shape index (κ2) is 7.34. The normalized spacial score (nSPS) is 14.1. The second-order valence-electron chi connectivity index (χ2n) is 5.64. The third-order valence-corrected chi connectivity index (χ3v) is 4.06. The minimum atomic E-state index is 0.100. The molecule has 0 fully saturated rings. The Bertz CT molecular complexity index is 553. The first-order chi connectivity index (χ1) is 10.1. The number of hydrogen-bond acceptors (Lipinski definition) is 3. The monoisotopic (exact) mass is 283 g/mol. The maximum absolute atomic E-state index is 6.37. The molecule has 21 heavy (non-hydrogen) atoms. The van der Waals surface area contributed by atoms with Crippen molar-refractivity contribution in [2.75, 3.05) is 7.05 Å². The average molecular weight is 283 g/mol. The van der Waals surface area contributed by atoms with E-state index in [4.69, 9.17) is 5.73 Å². The van der Waals surface area contributed by atoms with E-state index in [1.807, 2.05) is 12.3 Å². The maximum Gasteiger partial charge on any atom is 0.0514 e. The standard InChI is InChI=1S/C18H25N3/c1-4-17(19)18(15-10-7-11-20-12-15)21(3)13-16-9-6-5-8-14(16)2/h5-12,17-18H,4,13,19H2,1-3H3. The molecule has 0 saturated heterocycles. The van der Waals surface area contributed by atoms with Gasteiger partial charge >= 0.3 is 0 Å². The van der Waals surface area contributed by atoms with Crippen LogP contribution in [0.5, 0.6) is 0 Å². The van der Waals surface area contributed by atoms with Gasteiger partial charge < -0.3 is 5.73 Å². The molecule has 1 aromatic carbocycles. The van der Waals surface area contributed by atoms with Crippen LogP contribution in [0.1, 0.15) is 36.1 Å². The zero-order valence-corrected chi connectivity index (χ0v) is 13.2. The van der Waals surface area contributed by atoms with Gasteiger partial charge in [-0.1, -0.05) is 37.3 Å². The van der Waals surface area contributed by atoms with E-state index in [9.17, 15) is 0 Å². The maximum atomic E-state index is 6.37. The number of aromatic nitrogens is 1. The molecule has 0 spiro atoms. The molecule has 0 aliphatic heterocycles. The highest BCUT2D eigenvalue weighted by Crippen LogP contribution is 2.25. The van der Waals surface area contributed by atoms with Crippen LogP contribution in [0, 0.1) is 6.92 Å². The minimum absolute atomic E-state index is 0.100. The highest BCUT2D eigenvalue weighted by atomic mass is 15.1. The van der Waals surface area contributed by atoms with Gasteiger partial charge in [0.15, 0.2) is 0 Å². The molecular weight excluding hydrogens is 258 g/mol. The molecule has 112 valence electrons. The van der Waals surface area contributed by atoms with Crippen molar-refractivity contribution in [2.24, 2.45) is 5.73 Å². The molecule has 1 heterocycles. The Balaban J connectivity index is 2.23. The summed E-state index contributed by atoms with van der Waals surface area (Å²) in [6.07, 6.45) is 4.67. The quantitative estimate of drug-likeness (QED) is 0.884. The van der Waals surface area contributed by atoms with Gasteiger partial charge in [-0.3, -0.25) is 9.88 Å². The summed E-state index contributed by atoms with van der Waals surface area (Å²) >= 11 is 0. The van der Waals surface area contributed by atoms with E-state index in [2.05, 4.69) is 61.1 Å². The Morgan fingerprint density at radius 3 is 2.57 bits per heavy atom. The minimum Gasteiger partial charge on any atom is -0.326 e. The van der Waals surface area contributed by atoms with Gasteiger partial charge in [0.1, 0.15) is 0 Å². The molecule has 2 N–H and O–H groups in total. The largest absolute Gasteiger partial charge is 0.326 e. The molecule has 1 aromatic heterocycles. The van der Waals surface area contributed by atoms with E-state index in [0.717, 1.165) is 13.0 Å². The third kappa shape index (κ3) is 3.90. The Morgan fingerprint density at radius 1 is 1.19 bits per heavy atom. The molecule has 0 saturated carbocycles. The Kier molecular flexibility index (Phi) is 5.48. The number of nitrogens with two attached hydrogens (primary N) is 1. The fourth-order valence-electron chi connectivity index (χ4n) is 2.76. The molecular formula is C18H25N3. The van der Waals surface area contributed by atoms with E-state index in [0.29, 0.717) is 0 Å². The van der Waals surface area contributed by atoms with Crippen molar-refractivity contribution in [3.8, 4) is 0 Å². The summed E-state index contributed by atoms with van der Waals surface area (Å²) in [6.45, 7) is 5.18. The van der Waals surface area contributed by atoms with Crippen LogP contribution in [0.2, 0.25) is 0 Å². The van der Waals surface area contributed by atoms with Crippen LogP contribution in [0.3, 0.4) is 0 Å². The summed E-state index contributed by atoms with van der Waals surface area (Å²) in [6, 6.07) is 12.9. The van der Waals surface area contributed by atoms with E-state index in [1.54, 1.807) is 6.20 Å². The average Bonchev–Trinajstić information content (AvgIpc) is 2.50. The molecule has 0 aliphatic rings. The van der Waals surface area contributed by atoms with Gasteiger partial charge in [0.25, 0.3) is 0 Å². The molecule has 0 amide bonds. The summed E-state index contributed by atoms with van der Waals surface area (Å²) in [7, 11) is 2.14. The van der Waals surface area contributed by atoms with Crippen LogP contribution >= 0.6 is 0 Å². The molecule has 0 aliphatic carbocycles. The first kappa shape index (κ1) is 15.7. The van der Waals surface area contributed by atoms with Gasteiger partial charge in [0, 0.05) is 25.0 Å². The van der Waals surface area contributed by atoms with Crippen LogP contribution < -0.4 is 5.73 Å². The van der Waals surface area contributed by atoms with Gasteiger partial charge in [0.2, 0.25) is 0 Å². The smallest absolute Gasteiger partial charge is 0.0514 e. The summed E-state index contributed by atoms with van der Waals surface area (Å²) in [5.41, 5.74) is 10.2. The first-order valence-corrected chi connectivity index (χ1v) is 7.53. The number of aryl methyl sites for hydroxylation is 1. The Hall–Kier alpha value is -1.71. The van der Waals surface area contributed by atoms with E-state index in [-0.39, 0.29) is 12.1 Å². The predicted octanol–water partition coefficient (Wildman–Crippen LogP) is 3.30. The predicted molar refractivity (Wildman–Crippen MR) is 87.9 cm³/mol. The first-order valence-electron chi connectivity index (χ1n) is 7.53. The Morgan fingerprint density at radius 2 is 1.95 bits per heavy atom. The molecule has 2 aromatic rings. The molecule has 0 bridgehead atoms. The highest BCUT2D eigenvalue weighted by Gasteiger charge is 2.23. The van der Waals surface area contributed by atoms with Gasteiger partial charge in [-0.2, -0.15) is 0 Å². The number of pyridine rings is 1. The van der Waals surface area contributed by atoms with Crippen molar-refractivity contribution in [1.29, 1.82) is 0 Å². The van der Waals surface area contributed by atoms with Crippen LogP contribution in [0.25, 0.3) is 0 Å². The van der Waals surface area contributed by atoms with Gasteiger partial charge in [0.05, 0.1) is 6.04 Å². The van der Waals surface area contributed by atoms with Gasteiger partial charge in [-0.05, 0) is 43.1 Å². The van der Waals surface area contributed by atoms with Crippen molar-refractivity contribution in [2.45, 2.75) is 38.9 Å². The van der Waals surface area contributed by atoms with Crippen LogP contribution in [-0.2, 0) is 6.54 Å². The van der Waals surface area contributed by atoms with Crippen molar-refractivity contribution in [1.82, 2.24) is 9.88 Å². The SMILES string of the molecule is CCC(N)C(c1cccnc1)N(C)Cc1ccccc1C. The number of rotatable bonds is 6. The highest BCUT2D eigenvalue weighted by molar-refractivity contribution is 5.26. The Labute approximate surface area is 127 Å². The summed E-state index contributed by atoms with van der Waals surface area (Å²) in [4.78, 5) is 6.57. The lowest BCUT2D eigenvalue weighted by Crippen LogP contribution is -2.38. The van der Waals surface area contributed by atoms with E-state index in [1.165, 1.54) is 16.7 Å². The number of hydrogen-bond donors (Lipinski definition) is 1. The van der Waals surface area contributed by atoms with E-state index < -0.39 is 0 Å². The lowest BCUT2D eigenvalue weighted by molar-refractivity contribution is 0.201. The number of likely N-dealkylation sites (N-methyl/N-ethyl adjacent to an activating group) is 1. The summed E-state index contributed by atoms with van der Waals surface area (Å²) in [5.74, 6) is 0. The molecule has 0 radical (unpaired) electrons. The van der Waals surface area contributed by atoms with Gasteiger partial charge in [-0.15, -0.1) is 0 Å². The molecule has 2 rings (SSSR count). The second-order valence-corrected chi connectivity index (χ2v) is 5.64. The van der Waals surface area contributed by atoms with Crippen molar-refractivity contribution in [3.63, 3.8) is 0 Å².